The van der Waals surface area contributed by atoms with Gasteiger partial charge in [0.1, 0.15) is 0 Å². The number of benzene rings is 1. The van der Waals surface area contributed by atoms with Crippen molar-refractivity contribution in [1.82, 2.24) is 0 Å². The number of nitrogens with zero attached hydrogens (tertiary/aromatic N) is 1. The summed E-state index contributed by atoms with van der Waals surface area (Å²) in [6.45, 7) is 0. The second-order valence-electron chi connectivity index (χ2n) is 3.13. The van der Waals surface area contributed by atoms with E-state index in [9.17, 15) is 19.7 Å². The minimum Gasteiger partial charge on any atom is -0.437 e. The molecule has 0 saturated carbocycles. The van der Waals surface area contributed by atoms with Crippen molar-refractivity contribution in [3.8, 4) is 5.75 Å². The van der Waals surface area contributed by atoms with Crippen LogP contribution in [0.3, 0.4) is 0 Å². The smallest absolute Gasteiger partial charge is 0.437 e. The highest BCUT2D eigenvalue weighted by molar-refractivity contribution is 9.10. The summed E-state index contributed by atoms with van der Waals surface area (Å²) in [6, 6.07) is 1.30. The van der Waals surface area contributed by atoms with Gasteiger partial charge in [-0.2, -0.15) is 0 Å². The standard InChI is InChI=1S/C9H4BrNO7S/c1-16-8(12)18-6-3(10)2-4-7(5(6)11(14)15)19-9(13)17-4/h2H,1H3. The average molecular weight is 350 g/mol. The van der Waals surface area contributed by atoms with Crippen molar-refractivity contribution in [2.75, 3.05) is 7.11 Å². The summed E-state index contributed by atoms with van der Waals surface area (Å²) in [6.07, 6.45) is -1.11. The van der Waals surface area contributed by atoms with Gasteiger partial charge in [0.05, 0.1) is 16.5 Å². The molecule has 100 valence electrons. The fraction of sp³-hybridized carbons (Fsp3) is 0.111. The van der Waals surface area contributed by atoms with Crippen LogP contribution in [0.5, 0.6) is 5.75 Å². The van der Waals surface area contributed by atoms with Crippen molar-refractivity contribution in [3.05, 3.63) is 30.4 Å². The Hall–Kier alpha value is -1.94. The first-order chi connectivity index (χ1) is 8.93. The van der Waals surface area contributed by atoms with E-state index in [2.05, 4.69) is 20.7 Å². The molecule has 0 radical (unpaired) electrons. The third-order valence-electron chi connectivity index (χ3n) is 2.04. The van der Waals surface area contributed by atoms with E-state index in [1.807, 2.05) is 0 Å². The number of nitro groups is 1. The number of fused-ring (bicyclic) bond motifs is 1. The van der Waals surface area contributed by atoms with Crippen LogP contribution in [0.1, 0.15) is 0 Å². The SMILES string of the molecule is COC(=O)Oc1c(Br)cc2oc(=O)sc2c1[N+](=O)[O-]. The van der Waals surface area contributed by atoms with Crippen LogP contribution in [0.15, 0.2) is 19.8 Å². The summed E-state index contributed by atoms with van der Waals surface area (Å²) in [5.74, 6) is -0.346. The average Bonchev–Trinajstić information content (AvgIpc) is 2.68. The molecule has 0 fully saturated rings. The van der Waals surface area contributed by atoms with E-state index < -0.39 is 21.7 Å². The maximum atomic E-state index is 11.1. The third kappa shape index (κ3) is 2.44. The zero-order valence-corrected chi connectivity index (χ0v) is 11.6. The van der Waals surface area contributed by atoms with Crippen molar-refractivity contribution in [2.45, 2.75) is 0 Å². The minimum absolute atomic E-state index is 0.0166. The van der Waals surface area contributed by atoms with Gasteiger partial charge in [-0.15, -0.1) is 0 Å². The second kappa shape index (κ2) is 4.97. The first kappa shape index (κ1) is 13.5. The highest BCUT2D eigenvalue weighted by Gasteiger charge is 2.28. The lowest BCUT2D eigenvalue weighted by Gasteiger charge is -2.05. The Bertz CT molecular complexity index is 734. The Labute approximate surface area is 116 Å². The monoisotopic (exact) mass is 349 g/mol. The van der Waals surface area contributed by atoms with Crippen molar-refractivity contribution in [1.29, 1.82) is 0 Å². The second-order valence-corrected chi connectivity index (χ2v) is 4.93. The summed E-state index contributed by atoms with van der Waals surface area (Å²) in [7, 11) is 1.07. The summed E-state index contributed by atoms with van der Waals surface area (Å²) in [4.78, 5) is 31.8. The normalized spacial score (nSPS) is 10.4. The number of carbonyl (C=O) groups is 1. The molecule has 0 aliphatic heterocycles. The predicted octanol–water partition coefficient (Wildman–Crippen LogP) is 2.67. The zero-order chi connectivity index (χ0) is 14.2. The van der Waals surface area contributed by atoms with Gasteiger partial charge in [-0.1, -0.05) is 0 Å². The number of rotatable bonds is 2. The first-order valence-electron chi connectivity index (χ1n) is 4.60. The van der Waals surface area contributed by atoms with Crippen LogP contribution < -0.4 is 9.68 Å². The Morgan fingerprint density at radius 2 is 2.26 bits per heavy atom. The maximum Gasteiger partial charge on any atom is 0.513 e. The number of nitro benzene ring substituents is 1. The molecule has 0 aliphatic carbocycles. The van der Waals surface area contributed by atoms with Gasteiger partial charge in [0, 0.05) is 6.07 Å². The fourth-order valence-corrected chi connectivity index (χ4v) is 2.58. The van der Waals surface area contributed by atoms with Crippen LogP contribution in [-0.2, 0) is 4.74 Å². The number of hydrogen-bond donors (Lipinski definition) is 0. The molecule has 10 heteroatoms. The first-order valence-corrected chi connectivity index (χ1v) is 6.21. The molecule has 0 spiro atoms. The van der Waals surface area contributed by atoms with Gasteiger partial charge < -0.3 is 13.9 Å². The molecule has 0 unspecified atom stereocenters. The lowest BCUT2D eigenvalue weighted by molar-refractivity contribution is -0.383. The molecule has 0 aliphatic rings. The zero-order valence-electron chi connectivity index (χ0n) is 9.17. The number of halogens is 1. The molecule has 2 aromatic rings. The quantitative estimate of drug-likeness (QED) is 0.354. The van der Waals surface area contributed by atoms with Crippen molar-refractivity contribution in [2.24, 2.45) is 0 Å². The molecule has 0 bridgehead atoms. The van der Waals surface area contributed by atoms with Crippen LogP contribution >= 0.6 is 27.3 Å². The molecular weight excluding hydrogens is 346 g/mol. The van der Waals surface area contributed by atoms with Gasteiger partial charge in [0.25, 0.3) is 0 Å². The molecule has 1 aromatic heterocycles. The maximum absolute atomic E-state index is 11.1. The van der Waals surface area contributed by atoms with E-state index in [4.69, 9.17) is 9.15 Å². The van der Waals surface area contributed by atoms with Gasteiger partial charge in [-0.25, -0.2) is 9.59 Å². The van der Waals surface area contributed by atoms with Crippen molar-refractivity contribution >= 4 is 49.4 Å². The highest BCUT2D eigenvalue weighted by Crippen LogP contribution is 2.42. The van der Waals surface area contributed by atoms with Gasteiger partial charge in [0.15, 0.2) is 10.3 Å². The van der Waals surface area contributed by atoms with Crippen LogP contribution in [0, 0.1) is 10.1 Å². The van der Waals surface area contributed by atoms with E-state index in [-0.39, 0.29) is 20.5 Å². The molecule has 19 heavy (non-hydrogen) atoms. The third-order valence-corrected chi connectivity index (χ3v) is 3.48. The molecule has 1 heterocycles. The Morgan fingerprint density at radius 3 is 2.84 bits per heavy atom. The van der Waals surface area contributed by atoms with Crippen LogP contribution in [0.2, 0.25) is 0 Å². The van der Waals surface area contributed by atoms with Crippen molar-refractivity contribution in [3.63, 3.8) is 0 Å². The van der Waals surface area contributed by atoms with Crippen LogP contribution in [0.4, 0.5) is 10.5 Å². The number of methoxy groups -OCH3 is 1. The van der Waals surface area contributed by atoms with Gasteiger partial charge in [0.2, 0.25) is 5.75 Å². The Balaban J connectivity index is 2.77. The summed E-state index contributed by atoms with van der Waals surface area (Å²) < 4.78 is 13.9. The van der Waals surface area contributed by atoms with Crippen LogP contribution in [-0.4, -0.2) is 18.2 Å². The molecule has 1 aromatic carbocycles. The summed E-state index contributed by atoms with van der Waals surface area (Å²) in [5.41, 5.74) is -0.503. The number of carbonyl (C=O) groups excluding carboxylic acids is 1. The fourth-order valence-electron chi connectivity index (χ4n) is 1.34. The molecule has 0 atom stereocenters. The summed E-state index contributed by atoms with van der Waals surface area (Å²) >= 11 is 3.56. The van der Waals surface area contributed by atoms with Gasteiger partial charge in [-0.3, -0.25) is 10.1 Å². The minimum atomic E-state index is -1.11. The van der Waals surface area contributed by atoms with Crippen molar-refractivity contribution < 1.29 is 23.6 Å². The van der Waals surface area contributed by atoms with E-state index in [1.165, 1.54) is 6.07 Å². The molecule has 0 saturated heterocycles. The number of ether oxygens (including phenoxy) is 2. The number of hydrogen-bond acceptors (Lipinski definition) is 8. The molecule has 0 N–H and O–H groups in total. The van der Waals surface area contributed by atoms with E-state index >= 15 is 0 Å². The molecular formula is C9H4BrNO7S. The Kier molecular flexibility index (Phi) is 3.53. The van der Waals surface area contributed by atoms with Gasteiger partial charge >= 0.3 is 16.8 Å². The van der Waals surface area contributed by atoms with Gasteiger partial charge in [-0.05, 0) is 27.3 Å². The lowest BCUT2D eigenvalue weighted by atomic mass is 10.3. The molecule has 8 nitrogen and oxygen atoms in total. The van der Waals surface area contributed by atoms with E-state index in [0.717, 1.165) is 7.11 Å². The molecule has 0 amide bonds. The lowest BCUT2D eigenvalue weighted by Crippen LogP contribution is -2.09. The summed E-state index contributed by atoms with van der Waals surface area (Å²) in [5, 5.41) is 11.1. The largest absolute Gasteiger partial charge is 0.513 e. The van der Waals surface area contributed by atoms with E-state index in [0.29, 0.717) is 11.3 Å². The highest BCUT2D eigenvalue weighted by atomic mass is 79.9. The predicted molar refractivity (Wildman–Crippen MR) is 67.7 cm³/mol. The topological polar surface area (TPSA) is 109 Å². The van der Waals surface area contributed by atoms with Crippen LogP contribution in [0.25, 0.3) is 10.3 Å². The molecule has 2 rings (SSSR count). The Morgan fingerprint density at radius 1 is 1.58 bits per heavy atom. The van der Waals surface area contributed by atoms with E-state index in [1.54, 1.807) is 0 Å².